The van der Waals surface area contributed by atoms with Gasteiger partial charge in [-0.05, 0) is 0 Å². The number of rotatable bonds is 4. The molecule has 1 nitrogen and oxygen atoms in total. The molecule has 16 heavy (non-hydrogen) atoms. The van der Waals surface area contributed by atoms with Gasteiger partial charge in [0.25, 0.3) is 0 Å². The van der Waals surface area contributed by atoms with Crippen LogP contribution in [0.15, 0.2) is 30.0 Å². The molecule has 0 heterocycles. The van der Waals surface area contributed by atoms with E-state index in [2.05, 4.69) is 37.5 Å². The molecule has 0 fully saturated rings. The zero-order valence-electron chi connectivity index (χ0n) is 10.4. The SMILES string of the molecule is C[Si](C)(C)/C=C/COc1[c-]cc(Cl)cc1.[Li+]. The quantitative estimate of drug-likeness (QED) is 0.568. The van der Waals surface area contributed by atoms with Crippen LogP contribution in [0.3, 0.4) is 0 Å². The zero-order chi connectivity index (χ0) is 11.3. The summed E-state index contributed by atoms with van der Waals surface area (Å²) in [5.74, 6) is 0.736. The zero-order valence-corrected chi connectivity index (χ0v) is 12.1. The van der Waals surface area contributed by atoms with Gasteiger partial charge in [-0.1, -0.05) is 36.4 Å². The largest absolute Gasteiger partial charge is 1.00 e. The minimum Gasteiger partial charge on any atom is -0.515 e. The summed E-state index contributed by atoms with van der Waals surface area (Å²) in [7, 11) is -1.10. The number of halogens is 1. The van der Waals surface area contributed by atoms with Crippen molar-refractivity contribution in [1.29, 1.82) is 0 Å². The Labute approximate surface area is 116 Å². The van der Waals surface area contributed by atoms with Gasteiger partial charge in [0.05, 0.1) is 8.07 Å². The third-order valence-electron chi connectivity index (χ3n) is 1.70. The van der Waals surface area contributed by atoms with Gasteiger partial charge >= 0.3 is 18.9 Å². The average Bonchev–Trinajstić information content (AvgIpc) is 2.14. The van der Waals surface area contributed by atoms with Crippen LogP contribution in [0, 0.1) is 6.07 Å². The standard InChI is InChI=1S/C12H16ClOSi.Li/c1-15(2,3)10-4-9-14-12-7-5-11(13)6-8-12;/h4-7,10H,9H2,1-3H3;/q-1;+1/b10-4+;. The summed E-state index contributed by atoms with van der Waals surface area (Å²) in [5.41, 5.74) is 2.27. The van der Waals surface area contributed by atoms with E-state index in [0.29, 0.717) is 11.6 Å². The van der Waals surface area contributed by atoms with Crippen LogP contribution in [0.2, 0.25) is 24.7 Å². The van der Waals surface area contributed by atoms with Gasteiger partial charge in [0.1, 0.15) is 6.61 Å². The van der Waals surface area contributed by atoms with E-state index in [4.69, 9.17) is 16.3 Å². The van der Waals surface area contributed by atoms with Gasteiger partial charge in [0, 0.05) is 5.75 Å². The first-order valence-electron chi connectivity index (χ1n) is 4.95. The summed E-state index contributed by atoms with van der Waals surface area (Å²) in [6.07, 6.45) is 2.08. The Morgan fingerprint density at radius 2 is 2.06 bits per heavy atom. The first-order valence-corrected chi connectivity index (χ1v) is 8.91. The van der Waals surface area contributed by atoms with Crippen LogP contribution in [-0.2, 0) is 0 Å². The van der Waals surface area contributed by atoms with Crippen LogP contribution in [0.5, 0.6) is 5.75 Å². The van der Waals surface area contributed by atoms with Crippen molar-refractivity contribution < 1.29 is 23.6 Å². The van der Waals surface area contributed by atoms with Crippen molar-refractivity contribution in [1.82, 2.24) is 0 Å². The molecule has 0 spiro atoms. The molecule has 0 aliphatic heterocycles. The fourth-order valence-corrected chi connectivity index (χ4v) is 1.94. The van der Waals surface area contributed by atoms with Gasteiger partial charge < -0.3 is 4.74 Å². The molecule has 82 valence electrons. The molecule has 0 unspecified atom stereocenters. The molecule has 0 bridgehead atoms. The minimum absolute atomic E-state index is 0. The summed E-state index contributed by atoms with van der Waals surface area (Å²) < 4.78 is 5.48. The topological polar surface area (TPSA) is 9.23 Å². The maximum atomic E-state index is 5.74. The Hall–Kier alpha value is -0.136. The van der Waals surface area contributed by atoms with Crippen molar-refractivity contribution in [3.8, 4) is 5.75 Å². The third-order valence-corrected chi connectivity index (χ3v) is 3.17. The number of hydrogen-bond acceptors (Lipinski definition) is 1. The number of ether oxygens (including phenoxy) is 1. The second kappa shape index (κ2) is 7.24. The molecule has 4 heteroatoms. The Morgan fingerprint density at radius 1 is 1.38 bits per heavy atom. The molecule has 1 rings (SSSR count). The van der Waals surface area contributed by atoms with Gasteiger partial charge in [-0.2, -0.15) is 23.7 Å². The van der Waals surface area contributed by atoms with Crippen LogP contribution in [0.25, 0.3) is 0 Å². The van der Waals surface area contributed by atoms with Crippen LogP contribution < -0.4 is 23.6 Å². The molecule has 0 aliphatic carbocycles. The summed E-state index contributed by atoms with van der Waals surface area (Å²) in [5, 5.41) is 0.681. The van der Waals surface area contributed by atoms with Crippen molar-refractivity contribution in [2.45, 2.75) is 19.6 Å². The van der Waals surface area contributed by atoms with Crippen molar-refractivity contribution in [2.75, 3.05) is 6.61 Å². The molecule has 1 aromatic rings. The second-order valence-corrected chi connectivity index (χ2v) is 9.95. The Morgan fingerprint density at radius 3 is 2.56 bits per heavy atom. The molecular weight excluding hydrogens is 231 g/mol. The van der Waals surface area contributed by atoms with Crippen LogP contribution >= 0.6 is 11.6 Å². The Kier molecular flexibility index (Phi) is 7.18. The van der Waals surface area contributed by atoms with E-state index in [1.807, 2.05) is 6.07 Å². The Bertz CT molecular complexity index is 330. The maximum Gasteiger partial charge on any atom is 1.00 e. The number of hydrogen-bond donors (Lipinski definition) is 0. The summed E-state index contributed by atoms with van der Waals surface area (Å²) in [6.45, 7) is 7.47. The van der Waals surface area contributed by atoms with E-state index in [9.17, 15) is 0 Å². The van der Waals surface area contributed by atoms with Gasteiger partial charge in [-0.15, -0.1) is 12.1 Å². The van der Waals surface area contributed by atoms with Crippen molar-refractivity contribution in [3.63, 3.8) is 0 Å². The van der Waals surface area contributed by atoms with E-state index in [-0.39, 0.29) is 18.9 Å². The monoisotopic (exact) mass is 246 g/mol. The van der Waals surface area contributed by atoms with Gasteiger partial charge in [-0.3, -0.25) is 0 Å². The van der Waals surface area contributed by atoms with E-state index < -0.39 is 8.07 Å². The molecule has 0 atom stereocenters. The molecule has 0 saturated carbocycles. The second-order valence-electron chi connectivity index (χ2n) is 4.45. The molecule has 0 radical (unpaired) electrons. The van der Waals surface area contributed by atoms with Crippen molar-refractivity contribution >= 4 is 19.7 Å². The summed E-state index contributed by atoms with van der Waals surface area (Å²) in [4.78, 5) is 0. The third kappa shape index (κ3) is 7.19. The predicted molar refractivity (Wildman–Crippen MR) is 68.3 cm³/mol. The molecule has 0 saturated heterocycles. The van der Waals surface area contributed by atoms with Gasteiger partial charge in [-0.25, -0.2) is 0 Å². The van der Waals surface area contributed by atoms with E-state index in [1.165, 1.54) is 0 Å². The summed E-state index contributed by atoms with van der Waals surface area (Å²) in [6, 6.07) is 8.29. The first kappa shape index (κ1) is 15.9. The van der Waals surface area contributed by atoms with Crippen molar-refractivity contribution in [3.05, 3.63) is 41.1 Å². The molecule has 1 aromatic carbocycles. The molecule has 0 amide bonds. The fourth-order valence-electron chi connectivity index (χ4n) is 1.02. The molecular formula is C12H16ClLiOSi. The maximum absolute atomic E-state index is 5.74. The van der Waals surface area contributed by atoms with Gasteiger partial charge in [0.15, 0.2) is 0 Å². The predicted octanol–water partition coefficient (Wildman–Crippen LogP) is 0.957. The summed E-state index contributed by atoms with van der Waals surface area (Å²) >= 11 is 5.74. The van der Waals surface area contributed by atoms with E-state index in [0.717, 1.165) is 5.75 Å². The van der Waals surface area contributed by atoms with Crippen molar-refractivity contribution in [2.24, 2.45) is 0 Å². The molecule has 0 aliphatic rings. The van der Waals surface area contributed by atoms with Crippen LogP contribution in [-0.4, -0.2) is 14.7 Å². The average molecular weight is 247 g/mol. The van der Waals surface area contributed by atoms with Crippen LogP contribution in [0.4, 0.5) is 0 Å². The number of benzene rings is 1. The molecule has 0 aromatic heterocycles. The first-order chi connectivity index (χ1) is 6.97. The fraction of sp³-hybridized carbons (Fsp3) is 0.333. The minimum atomic E-state index is -1.10. The smallest absolute Gasteiger partial charge is 0.515 e. The van der Waals surface area contributed by atoms with Crippen LogP contribution in [0.1, 0.15) is 0 Å². The Balaban J connectivity index is 0.00000225. The molecule has 0 N–H and O–H groups in total. The van der Waals surface area contributed by atoms with E-state index in [1.54, 1.807) is 12.1 Å². The van der Waals surface area contributed by atoms with E-state index >= 15 is 0 Å². The van der Waals surface area contributed by atoms with Gasteiger partial charge in [0.2, 0.25) is 0 Å². The normalized spacial score (nSPS) is 11.2.